The Kier molecular flexibility index (Phi) is 4.34. The van der Waals surface area contributed by atoms with E-state index < -0.39 is 0 Å². The van der Waals surface area contributed by atoms with Gasteiger partial charge in [-0.3, -0.25) is 4.79 Å². The van der Waals surface area contributed by atoms with Gasteiger partial charge in [0.2, 0.25) is 0 Å². The van der Waals surface area contributed by atoms with E-state index in [2.05, 4.69) is 16.8 Å². The highest BCUT2D eigenvalue weighted by Gasteiger charge is 2.22. The van der Waals surface area contributed by atoms with Crippen LogP contribution < -0.4 is 4.90 Å². The van der Waals surface area contributed by atoms with Crippen LogP contribution in [0.5, 0.6) is 0 Å². The van der Waals surface area contributed by atoms with Gasteiger partial charge < -0.3 is 4.90 Å². The van der Waals surface area contributed by atoms with Gasteiger partial charge in [-0.1, -0.05) is 19.3 Å². The molecule has 98 valence electrons. The SMILES string of the molecule is CCN(c1ncc(C=O)cc1C)C1CCCCC1. The number of aryl methyl sites for hydroxylation is 1. The third-order valence-corrected chi connectivity index (χ3v) is 3.84. The van der Waals surface area contributed by atoms with Gasteiger partial charge in [-0.25, -0.2) is 4.98 Å². The Morgan fingerprint density at radius 2 is 2.11 bits per heavy atom. The molecule has 0 saturated heterocycles. The standard InChI is InChI=1S/C15H22N2O/c1-3-17(14-7-5-4-6-8-14)15-12(2)9-13(11-18)10-16-15/h9-11,14H,3-8H2,1-2H3. The van der Waals surface area contributed by atoms with Gasteiger partial charge in [0.05, 0.1) is 0 Å². The Labute approximate surface area is 109 Å². The molecular weight excluding hydrogens is 224 g/mol. The summed E-state index contributed by atoms with van der Waals surface area (Å²) in [5.41, 5.74) is 1.77. The highest BCUT2D eigenvalue weighted by molar-refractivity contribution is 5.75. The number of hydrogen-bond acceptors (Lipinski definition) is 3. The van der Waals surface area contributed by atoms with Crippen molar-refractivity contribution < 1.29 is 4.79 Å². The monoisotopic (exact) mass is 246 g/mol. The summed E-state index contributed by atoms with van der Waals surface area (Å²) in [5.74, 6) is 1.05. The molecule has 18 heavy (non-hydrogen) atoms. The molecular formula is C15H22N2O. The summed E-state index contributed by atoms with van der Waals surface area (Å²) in [6, 6.07) is 2.55. The summed E-state index contributed by atoms with van der Waals surface area (Å²) in [6.07, 6.45) is 9.10. The van der Waals surface area contributed by atoms with Crippen LogP contribution >= 0.6 is 0 Å². The summed E-state index contributed by atoms with van der Waals surface area (Å²) in [6.45, 7) is 5.21. The van der Waals surface area contributed by atoms with E-state index in [1.54, 1.807) is 6.20 Å². The summed E-state index contributed by atoms with van der Waals surface area (Å²) < 4.78 is 0. The van der Waals surface area contributed by atoms with Crippen molar-refractivity contribution in [2.45, 2.75) is 52.0 Å². The number of anilines is 1. The van der Waals surface area contributed by atoms with E-state index in [1.807, 2.05) is 13.0 Å². The molecule has 0 bridgehead atoms. The Morgan fingerprint density at radius 1 is 1.39 bits per heavy atom. The van der Waals surface area contributed by atoms with E-state index in [4.69, 9.17) is 0 Å². The first-order valence-corrected chi connectivity index (χ1v) is 6.94. The van der Waals surface area contributed by atoms with Crippen molar-refractivity contribution in [3.63, 3.8) is 0 Å². The third kappa shape index (κ3) is 2.71. The number of carbonyl (C=O) groups is 1. The van der Waals surface area contributed by atoms with Gasteiger partial charge in [-0.05, 0) is 38.3 Å². The number of aromatic nitrogens is 1. The van der Waals surface area contributed by atoms with Gasteiger partial charge in [0, 0.05) is 24.3 Å². The van der Waals surface area contributed by atoms with E-state index in [9.17, 15) is 4.79 Å². The molecule has 1 aliphatic carbocycles. The molecule has 0 aliphatic heterocycles. The van der Waals surface area contributed by atoms with Crippen LogP contribution in [0.15, 0.2) is 12.3 Å². The van der Waals surface area contributed by atoms with E-state index >= 15 is 0 Å². The molecule has 0 atom stereocenters. The minimum Gasteiger partial charge on any atom is -0.354 e. The maximum absolute atomic E-state index is 10.8. The zero-order valence-electron chi connectivity index (χ0n) is 11.4. The second-order valence-electron chi connectivity index (χ2n) is 5.10. The molecule has 1 aromatic heterocycles. The van der Waals surface area contributed by atoms with Gasteiger partial charge in [0.25, 0.3) is 0 Å². The quantitative estimate of drug-likeness (QED) is 0.764. The fourth-order valence-corrected chi connectivity index (χ4v) is 2.93. The Hall–Kier alpha value is -1.38. The highest BCUT2D eigenvalue weighted by atomic mass is 16.1. The molecule has 1 aromatic rings. The predicted octanol–water partition coefficient (Wildman–Crippen LogP) is 3.36. The van der Waals surface area contributed by atoms with Crippen molar-refractivity contribution in [1.29, 1.82) is 0 Å². The van der Waals surface area contributed by atoms with Crippen LogP contribution in [0.25, 0.3) is 0 Å². The average Bonchev–Trinajstić information content (AvgIpc) is 2.42. The van der Waals surface area contributed by atoms with Gasteiger partial charge in [-0.2, -0.15) is 0 Å². The molecule has 0 radical (unpaired) electrons. The molecule has 1 heterocycles. The average molecular weight is 246 g/mol. The van der Waals surface area contributed by atoms with Crippen LogP contribution in [0.4, 0.5) is 5.82 Å². The summed E-state index contributed by atoms with van der Waals surface area (Å²) in [4.78, 5) is 17.7. The van der Waals surface area contributed by atoms with Crippen LogP contribution in [0, 0.1) is 6.92 Å². The third-order valence-electron chi connectivity index (χ3n) is 3.84. The number of nitrogens with zero attached hydrogens (tertiary/aromatic N) is 2. The summed E-state index contributed by atoms with van der Waals surface area (Å²) in [5, 5.41) is 0. The first-order chi connectivity index (χ1) is 8.76. The lowest BCUT2D eigenvalue weighted by molar-refractivity contribution is 0.112. The molecule has 0 spiro atoms. The van der Waals surface area contributed by atoms with Crippen LogP contribution in [0.1, 0.15) is 54.9 Å². The molecule has 0 unspecified atom stereocenters. The smallest absolute Gasteiger partial charge is 0.151 e. The second kappa shape index (κ2) is 5.98. The number of aldehydes is 1. The van der Waals surface area contributed by atoms with Crippen molar-refractivity contribution >= 4 is 12.1 Å². The predicted molar refractivity (Wildman–Crippen MR) is 74.3 cm³/mol. The Morgan fingerprint density at radius 3 is 2.67 bits per heavy atom. The molecule has 0 amide bonds. The second-order valence-corrected chi connectivity index (χ2v) is 5.10. The van der Waals surface area contributed by atoms with Crippen molar-refractivity contribution in [3.05, 3.63) is 23.4 Å². The number of hydrogen-bond donors (Lipinski definition) is 0. The van der Waals surface area contributed by atoms with E-state index in [0.29, 0.717) is 11.6 Å². The maximum atomic E-state index is 10.8. The minimum absolute atomic E-state index is 0.622. The van der Waals surface area contributed by atoms with Crippen molar-refractivity contribution in [3.8, 4) is 0 Å². The topological polar surface area (TPSA) is 33.2 Å². The zero-order chi connectivity index (χ0) is 13.0. The molecule has 3 nitrogen and oxygen atoms in total. The van der Waals surface area contributed by atoms with Crippen molar-refractivity contribution in [1.82, 2.24) is 4.98 Å². The van der Waals surface area contributed by atoms with E-state index in [1.165, 1.54) is 32.1 Å². The highest BCUT2D eigenvalue weighted by Crippen LogP contribution is 2.27. The first-order valence-electron chi connectivity index (χ1n) is 6.94. The van der Waals surface area contributed by atoms with Crippen LogP contribution in [0.2, 0.25) is 0 Å². The summed E-state index contributed by atoms with van der Waals surface area (Å²) in [7, 11) is 0. The first kappa shape index (κ1) is 13.1. The van der Waals surface area contributed by atoms with Gasteiger partial charge in [-0.15, -0.1) is 0 Å². The molecule has 3 heteroatoms. The van der Waals surface area contributed by atoms with Crippen LogP contribution in [0.3, 0.4) is 0 Å². The number of pyridine rings is 1. The fourth-order valence-electron chi connectivity index (χ4n) is 2.93. The maximum Gasteiger partial charge on any atom is 0.151 e. The van der Waals surface area contributed by atoms with E-state index in [-0.39, 0.29) is 0 Å². The molecule has 2 rings (SSSR count). The van der Waals surface area contributed by atoms with Crippen LogP contribution in [-0.2, 0) is 0 Å². The van der Waals surface area contributed by atoms with Crippen molar-refractivity contribution in [2.75, 3.05) is 11.4 Å². The Bertz CT molecular complexity index is 411. The lowest BCUT2D eigenvalue weighted by Gasteiger charge is -2.35. The lowest BCUT2D eigenvalue weighted by atomic mass is 9.94. The van der Waals surface area contributed by atoms with Gasteiger partial charge in [0.1, 0.15) is 5.82 Å². The molecule has 0 aromatic carbocycles. The molecule has 1 saturated carbocycles. The van der Waals surface area contributed by atoms with Gasteiger partial charge >= 0.3 is 0 Å². The zero-order valence-corrected chi connectivity index (χ0v) is 11.4. The van der Waals surface area contributed by atoms with Crippen molar-refractivity contribution in [2.24, 2.45) is 0 Å². The van der Waals surface area contributed by atoms with Gasteiger partial charge in [0.15, 0.2) is 6.29 Å². The molecule has 0 N–H and O–H groups in total. The van der Waals surface area contributed by atoms with E-state index in [0.717, 1.165) is 24.2 Å². The van der Waals surface area contributed by atoms with Crippen LogP contribution in [-0.4, -0.2) is 23.9 Å². The largest absolute Gasteiger partial charge is 0.354 e. The molecule has 1 fully saturated rings. The molecule has 1 aliphatic rings. The summed E-state index contributed by atoms with van der Waals surface area (Å²) >= 11 is 0. The minimum atomic E-state index is 0.622. The Balaban J connectivity index is 2.23. The number of carbonyl (C=O) groups excluding carboxylic acids is 1. The lowest BCUT2D eigenvalue weighted by Crippen LogP contribution is -2.37. The normalized spacial score (nSPS) is 16.6. The fraction of sp³-hybridized carbons (Fsp3) is 0.600. The number of rotatable bonds is 4.